The van der Waals surface area contributed by atoms with E-state index in [1.54, 1.807) is 0 Å². The first kappa shape index (κ1) is 19.6. The molecular formula is C20H22N4O4S. The number of rotatable bonds is 7. The van der Waals surface area contributed by atoms with Gasteiger partial charge < -0.3 is 14.6 Å². The fourth-order valence-corrected chi connectivity index (χ4v) is 4.71. The van der Waals surface area contributed by atoms with Gasteiger partial charge in [-0.3, -0.25) is 0 Å². The summed E-state index contributed by atoms with van der Waals surface area (Å²) in [5.74, 6) is 0.734. The Hall–Kier alpha value is -2.75. The summed E-state index contributed by atoms with van der Waals surface area (Å²) < 4.78 is 37.5. The Labute approximate surface area is 169 Å². The van der Waals surface area contributed by atoms with E-state index in [-0.39, 0.29) is 5.75 Å². The average molecular weight is 414 g/mol. The number of anilines is 1. The molecule has 1 saturated heterocycles. The molecule has 0 atom stereocenters. The van der Waals surface area contributed by atoms with Crippen LogP contribution in [0.15, 0.2) is 59.1 Å². The van der Waals surface area contributed by atoms with Crippen molar-refractivity contribution in [1.29, 1.82) is 0 Å². The number of nitrogens with one attached hydrogen (secondary N) is 1. The van der Waals surface area contributed by atoms with E-state index >= 15 is 0 Å². The molecule has 9 heteroatoms. The summed E-state index contributed by atoms with van der Waals surface area (Å²) in [6.45, 7) is 2.05. The Bertz CT molecular complexity index is 1050. The van der Waals surface area contributed by atoms with E-state index in [0.29, 0.717) is 44.7 Å². The van der Waals surface area contributed by atoms with E-state index in [9.17, 15) is 8.42 Å². The van der Waals surface area contributed by atoms with E-state index in [1.165, 1.54) is 4.31 Å². The van der Waals surface area contributed by atoms with Crippen LogP contribution >= 0.6 is 0 Å². The first-order valence-corrected chi connectivity index (χ1v) is 11.0. The van der Waals surface area contributed by atoms with E-state index in [1.807, 2.05) is 54.6 Å². The zero-order chi connectivity index (χ0) is 20.1. The standard InChI is InChI=1S/C20H22N4O4S/c25-29(26,24-10-12-27-13-11-24)15-18-9-5-4-8-17(18)14-21-20-22-19(28-23-20)16-6-2-1-3-7-16/h1-9H,10-15H2,(H,21,23). The molecule has 1 aromatic heterocycles. The Morgan fingerprint density at radius 2 is 1.66 bits per heavy atom. The average Bonchev–Trinajstić information content (AvgIpc) is 3.23. The van der Waals surface area contributed by atoms with Gasteiger partial charge >= 0.3 is 0 Å². The van der Waals surface area contributed by atoms with Crippen LogP contribution in [0.1, 0.15) is 11.1 Å². The van der Waals surface area contributed by atoms with Gasteiger partial charge in [-0.2, -0.15) is 9.29 Å². The molecule has 2 heterocycles. The highest BCUT2D eigenvalue weighted by molar-refractivity contribution is 7.88. The lowest BCUT2D eigenvalue weighted by atomic mass is 10.1. The number of nitrogens with zero attached hydrogens (tertiary/aromatic N) is 3. The second kappa shape index (κ2) is 8.73. The van der Waals surface area contributed by atoms with Gasteiger partial charge in [-0.05, 0) is 28.4 Å². The molecule has 0 saturated carbocycles. The van der Waals surface area contributed by atoms with Crippen molar-refractivity contribution >= 4 is 16.0 Å². The number of hydrogen-bond donors (Lipinski definition) is 1. The Morgan fingerprint density at radius 3 is 2.41 bits per heavy atom. The van der Waals surface area contributed by atoms with E-state index in [0.717, 1.165) is 16.7 Å². The van der Waals surface area contributed by atoms with Crippen molar-refractivity contribution in [3.05, 3.63) is 65.7 Å². The van der Waals surface area contributed by atoms with Crippen molar-refractivity contribution in [2.24, 2.45) is 0 Å². The SMILES string of the molecule is O=S(=O)(Cc1ccccc1CNc1noc(-c2ccccc2)n1)N1CCOCC1. The number of hydrogen-bond acceptors (Lipinski definition) is 7. The minimum atomic E-state index is -3.40. The molecule has 0 radical (unpaired) electrons. The van der Waals surface area contributed by atoms with Crippen molar-refractivity contribution in [2.75, 3.05) is 31.6 Å². The number of ether oxygens (including phenoxy) is 1. The number of sulfonamides is 1. The minimum absolute atomic E-state index is 0.0492. The molecule has 0 unspecified atom stereocenters. The Kier molecular flexibility index (Phi) is 5.89. The van der Waals surface area contributed by atoms with Gasteiger partial charge in [-0.15, -0.1) is 0 Å². The molecule has 4 rings (SSSR count). The van der Waals surface area contributed by atoms with Gasteiger partial charge in [0.15, 0.2) is 0 Å². The van der Waals surface area contributed by atoms with Crippen molar-refractivity contribution < 1.29 is 17.7 Å². The van der Waals surface area contributed by atoms with Crippen LogP contribution in [-0.2, 0) is 27.1 Å². The van der Waals surface area contributed by atoms with Crippen molar-refractivity contribution in [1.82, 2.24) is 14.4 Å². The van der Waals surface area contributed by atoms with Crippen molar-refractivity contribution in [3.8, 4) is 11.5 Å². The van der Waals surface area contributed by atoms with Crippen LogP contribution < -0.4 is 5.32 Å². The first-order valence-electron chi connectivity index (χ1n) is 9.37. The van der Waals surface area contributed by atoms with E-state index in [4.69, 9.17) is 9.26 Å². The largest absolute Gasteiger partial charge is 0.379 e. The monoisotopic (exact) mass is 414 g/mol. The van der Waals surface area contributed by atoms with Crippen LogP contribution in [0.25, 0.3) is 11.5 Å². The third kappa shape index (κ3) is 4.81. The van der Waals surface area contributed by atoms with Gasteiger partial charge in [0.25, 0.3) is 11.8 Å². The summed E-state index contributed by atoms with van der Waals surface area (Å²) in [4.78, 5) is 4.34. The maximum absolute atomic E-state index is 12.8. The summed E-state index contributed by atoms with van der Waals surface area (Å²) >= 11 is 0. The third-order valence-corrected chi connectivity index (χ3v) is 6.53. The maximum Gasteiger partial charge on any atom is 0.264 e. The quantitative estimate of drug-likeness (QED) is 0.634. The van der Waals surface area contributed by atoms with Crippen LogP contribution in [0.2, 0.25) is 0 Å². The Balaban J connectivity index is 1.44. The molecule has 0 spiro atoms. The van der Waals surface area contributed by atoms with Gasteiger partial charge in [0.1, 0.15) is 0 Å². The molecule has 3 aromatic rings. The predicted octanol–water partition coefficient (Wildman–Crippen LogP) is 2.51. The fraction of sp³-hybridized carbons (Fsp3) is 0.300. The summed E-state index contributed by atoms with van der Waals surface area (Å²) in [6, 6.07) is 17.0. The van der Waals surface area contributed by atoms with Gasteiger partial charge in [0, 0.05) is 25.2 Å². The molecule has 0 aliphatic carbocycles. The molecule has 29 heavy (non-hydrogen) atoms. The number of aromatic nitrogens is 2. The normalized spacial score (nSPS) is 15.3. The molecule has 0 amide bonds. The topological polar surface area (TPSA) is 97.6 Å². The van der Waals surface area contributed by atoms with E-state index in [2.05, 4.69) is 15.5 Å². The predicted molar refractivity (Wildman–Crippen MR) is 109 cm³/mol. The van der Waals surface area contributed by atoms with Crippen LogP contribution in [0, 0.1) is 0 Å². The second-order valence-corrected chi connectivity index (χ2v) is 8.65. The molecule has 1 N–H and O–H groups in total. The molecule has 0 bridgehead atoms. The lowest BCUT2D eigenvalue weighted by Gasteiger charge is -2.26. The van der Waals surface area contributed by atoms with Gasteiger partial charge in [0.2, 0.25) is 10.0 Å². The van der Waals surface area contributed by atoms with E-state index < -0.39 is 10.0 Å². The lowest BCUT2D eigenvalue weighted by Crippen LogP contribution is -2.41. The molecule has 2 aromatic carbocycles. The first-order chi connectivity index (χ1) is 14.1. The van der Waals surface area contributed by atoms with Gasteiger partial charge in [0.05, 0.1) is 19.0 Å². The van der Waals surface area contributed by atoms with Crippen LogP contribution in [0.5, 0.6) is 0 Å². The van der Waals surface area contributed by atoms with Crippen LogP contribution in [0.4, 0.5) is 5.95 Å². The van der Waals surface area contributed by atoms with Crippen LogP contribution in [-0.4, -0.2) is 49.2 Å². The summed E-state index contributed by atoms with van der Waals surface area (Å²) in [6.07, 6.45) is 0. The second-order valence-electron chi connectivity index (χ2n) is 6.68. The zero-order valence-electron chi connectivity index (χ0n) is 15.8. The molecule has 8 nitrogen and oxygen atoms in total. The highest BCUT2D eigenvalue weighted by Crippen LogP contribution is 2.20. The number of morpholine rings is 1. The molecule has 152 valence electrons. The van der Waals surface area contributed by atoms with Crippen molar-refractivity contribution in [2.45, 2.75) is 12.3 Å². The summed E-state index contributed by atoms with van der Waals surface area (Å²) in [5, 5.41) is 7.06. The fourth-order valence-electron chi connectivity index (χ4n) is 3.15. The molecule has 1 aliphatic rings. The van der Waals surface area contributed by atoms with Gasteiger partial charge in [-0.1, -0.05) is 42.5 Å². The minimum Gasteiger partial charge on any atom is -0.379 e. The van der Waals surface area contributed by atoms with Crippen molar-refractivity contribution in [3.63, 3.8) is 0 Å². The number of benzene rings is 2. The summed E-state index contributed by atoms with van der Waals surface area (Å²) in [5.41, 5.74) is 2.46. The van der Waals surface area contributed by atoms with Gasteiger partial charge in [-0.25, -0.2) is 8.42 Å². The highest BCUT2D eigenvalue weighted by atomic mass is 32.2. The molecular weight excluding hydrogens is 392 g/mol. The smallest absolute Gasteiger partial charge is 0.264 e. The zero-order valence-corrected chi connectivity index (χ0v) is 16.6. The summed E-state index contributed by atoms with van der Waals surface area (Å²) in [7, 11) is -3.40. The molecule has 1 fully saturated rings. The Morgan fingerprint density at radius 1 is 0.966 bits per heavy atom. The van der Waals surface area contributed by atoms with Crippen LogP contribution in [0.3, 0.4) is 0 Å². The molecule has 1 aliphatic heterocycles. The maximum atomic E-state index is 12.8. The lowest BCUT2D eigenvalue weighted by molar-refractivity contribution is 0.0729. The highest BCUT2D eigenvalue weighted by Gasteiger charge is 2.25. The third-order valence-electron chi connectivity index (χ3n) is 4.70.